The Labute approximate surface area is 124 Å². The van der Waals surface area contributed by atoms with Crippen molar-refractivity contribution in [2.75, 3.05) is 11.9 Å². The molecule has 1 saturated heterocycles. The molecule has 2 N–H and O–H groups in total. The van der Waals surface area contributed by atoms with Crippen LogP contribution in [0.4, 0.5) is 5.69 Å². The molecule has 6 heteroatoms. The average molecular weight is 286 g/mol. The van der Waals surface area contributed by atoms with Gasteiger partial charge in [-0.05, 0) is 61.4 Å². The van der Waals surface area contributed by atoms with Crippen LogP contribution in [-0.4, -0.2) is 38.8 Å². The van der Waals surface area contributed by atoms with Gasteiger partial charge in [0.15, 0.2) is 0 Å². The van der Waals surface area contributed by atoms with E-state index >= 15 is 0 Å². The lowest BCUT2D eigenvalue weighted by Gasteiger charge is -2.27. The highest BCUT2D eigenvalue weighted by atomic mass is 15.5. The molecule has 3 rings (SSSR count). The molecular formula is C15H22N6. The van der Waals surface area contributed by atoms with Gasteiger partial charge in [-0.1, -0.05) is 12.5 Å². The summed E-state index contributed by atoms with van der Waals surface area (Å²) in [5, 5.41) is 18.4. The highest BCUT2D eigenvalue weighted by Crippen LogP contribution is 2.17. The van der Waals surface area contributed by atoms with Crippen LogP contribution < -0.4 is 10.6 Å². The Kier molecular flexibility index (Phi) is 4.45. The fraction of sp³-hybridized carbons (Fsp3) is 0.533. The molecule has 1 aromatic heterocycles. The highest BCUT2D eigenvalue weighted by molar-refractivity contribution is 5.51. The van der Waals surface area contributed by atoms with Crippen LogP contribution in [-0.2, 0) is 0 Å². The summed E-state index contributed by atoms with van der Waals surface area (Å²) in [5.74, 6) is 0. The van der Waals surface area contributed by atoms with Gasteiger partial charge in [-0.2, -0.15) is 0 Å². The number of hydrogen-bond acceptors (Lipinski definition) is 5. The molecular weight excluding hydrogens is 264 g/mol. The van der Waals surface area contributed by atoms with E-state index in [1.165, 1.54) is 19.3 Å². The molecule has 21 heavy (non-hydrogen) atoms. The molecule has 1 aromatic carbocycles. The highest BCUT2D eigenvalue weighted by Gasteiger charge is 2.15. The molecule has 0 amide bonds. The van der Waals surface area contributed by atoms with Crippen molar-refractivity contribution in [2.45, 2.75) is 44.7 Å². The van der Waals surface area contributed by atoms with Gasteiger partial charge in [0.1, 0.15) is 6.33 Å². The van der Waals surface area contributed by atoms with E-state index in [1.807, 2.05) is 12.1 Å². The summed E-state index contributed by atoms with van der Waals surface area (Å²) in [7, 11) is 0. The van der Waals surface area contributed by atoms with E-state index in [1.54, 1.807) is 11.0 Å². The van der Waals surface area contributed by atoms with Crippen LogP contribution in [0, 0.1) is 0 Å². The van der Waals surface area contributed by atoms with Gasteiger partial charge in [0, 0.05) is 17.8 Å². The molecule has 0 aliphatic carbocycles. The van der Waals surface area contributed by atoms with E-state index in [0.717, 1.165) is 24.3 Å². The third-order valence-corrected chi connectivity index (χ3v) is 3.92. The number of nitrogens with one attached hydrogen (secondary N) is 2. The Morgan fingerprint density at radius 3 is 3.14 bits per heavy atom. The zero-order valence-corrected chi connectivity index (χ0v) is 12.4. The second-order valence-electron chi connectivity index (χ2n) is 5.73. The van der Waals surface area contributed by atoms with E-state index in [2.05, 4.69) is 45.2 Å². The van der Waals surface area contributed by atoms with Crippen molar-refractivity contribution in [1.82, 2.24) is 25.5 Å². The lowest BCUT2D eigenvalue weighted by atomic mass is 9.98. The minimum Gasteiger partial charge on any atom is -0.382 e. The number of tetrazole rings is 1. The summed E-state index contributed by atoms with van der Waals surface area (Å²) in [4.78, 5) is 0. The first kappa shape index (κ1) is 14.0. The molecule has 0 saturated carbocycles. The number of benzene rings is 1. The maximum atomic E-state index is 3.92. The molecule has 0 radical (unpaired) electrons. The van der Waals surface area contributed by atoms with Crippen molar-refractivity contribution in [3.8, 4) is 5.69 Å². The number of aromatic nitrogens is 4. The predicted molar refractivity (Wildman–Crippen MR) is 82.5 cm³/mol. The second kappa shape index (κ2) is 6.67. The quantitative estimate of drug-likeness (QED) is 0.880. The van der Waals surface area contributed by atoms with Crippen molar-refractivity contribution >= 4 is 5.69 Å². The van der Waals surface area contributed by atoms with Gasteiger partial charge in [-0.15, -0.1) is 5.10 Å². The monoisotopic (exact) mass is 286 g/mol. The smallest absolute Gasteiger partial charge is 0.143 e. The molecule has 1 aliphatic rings. The maximum absolute atomic E-state index is 3.92. The van der Waals surface area contributed by atoms with Crippen molar-refractivity contribution in [3.63, 3.8) is 0 Å². The third-order valence-electron chi connectivity index (χ3n) is 3.92. The summed E-state index contributed by atoms with van der Waals surface area (Å²) in [6.45, 7) is 3.39. The minimum atomic E-state index is 0.435. The van der Waals surface area contributed by atoms with Crippen molar-refractivity contribution < 1.29 is 0 Å². The zero-order chi connectivity index (χ0) is 14.5. The van der Waals surface area contributed by atoms with E-state index in [-0.39, 0.29) is 0 Å². The van der Waals surface area contributed by atoms with Gasteiger partial charge in [0.05, 0.1) is 5.69 Å². The van der Waals surface area contributed by atoms with Crippen LogP contribution in [0.15, 0.2) is 30.6 Å². The number of piperidine rings is 1. The molecule has 112 valence electrons. The Morgan fingerprint density at radius 2 is 2.38 bits per heavy atom. The van der Waals surface area contributed by atoms with Crippen LogP contribution >= 0.6 is 0 Å². The zero-order valence-electron chi connectivity index (χ0n) is 12.4. The molecule has 2 atom stereocenters. The summed E-state index contributed by atoms with van der Waals surface area (Å²) in [6, 6.07) is 9.24. The molecule has 2 heterocycles. The average Bonchev–Trinajstić information content (AvgIpc) is 3.02. The Hall–Kier alpha value is -1.95. The number of nitrogens with zero attached hydrogens (tertiary/aromatic N) is 4. The number of rotatable bonds is 5. The number of hydrogen-bond donors (Lipinski definition) is 2. The van der Waals surface area contributed by atoms with E-state index in [9.17, 15) is 0 Å². The molecule has 6 nitrogen and oxygen atoms in total. The molecule has 0 spiro atoms. The van der Waals surface area contributed by atoms with Gasteiger partial charge >= 0.3 is 0 Å². The van der Waals surface area contributed by atoms with E-state index < -0.39 is 0 Å². The summed E-state index contributed by atoms with van der Waals surface area (Å²) >= 11 is 0. The Balaban J connectivity index is 1.60. The largest absolute Gasteiger partial charge is 0.382 e. The van der Waals surface area contributed by atoms with Crippen molar-refractivity contribution in [3.05, 3.63) is 30.6 Å². The predicted octanol–water partition coefficient (Wildman–Crippen LogP) is 1.99. The fourth-order valence-corrected chi connectivity index (χ4v) is 2.91. The lowest BCUT2D eigenvalue weighted by Crippen LogP contribution is -2.37. The Bertz CT molecular complexity index is 547. The number of anilines is 1. The Morgan fingerprint density at radius 1 is 1.43 bits per heavy atom. The summed E-state index contributed by atoms with van der Waals surface area (Å²) < 4.78 is 1.67. The van der Waals surface area contributed by atoms with Crippen molar-refractivity contribution in [2.24, 2.45) is 0 Å². The van der Waals surface area contributed by atoms with Gasteiger partial charge in [0.2, 0.25) is 0 Å². The van der Waals surface area contributed by atoms with Crippen molar-refractivity contribution in [1.29, 1.82) is 0 Å². The molecule has 1 fully saturated rings. The SMILES string of the molecule is CC(CC1CCCCN1)Nc1cccc(-n2cnnn2)c1. The van der Waals surface area contributed by atoms with Crippen LogP contribution in [0.25, 0.3) is 5.69 Å². The van der Waals surface area contributed by atoms with E-state index in [0.29, 0.717) is 12.1 Å². The first-order valence-corrected chi connectivity index (χ1v) is 7.64. The molecule has 2 aromatic rings. The van der Waals surface area contributed by atoms with Gasteiger partial charge in [-0.25, -0.2) is 4.68 Å². The summed E-state index contributed by atoms with van der Waals surface area (Å²) in [5.41, 5.74) is 2.07. The summed E-state index contributed by atoms with van der Waals surface area (Å²) in [6.07, 6.45) is 6.70. The normalized spacial score (nSPS) is 20.1. The van der Waals surface area contributed by atoms with Crippen LogP contribution in [0.5, 0.6) is 0 Å². The third kappa shape index (κ3) is 3.78. The van der Waals surface area contributed by atoms with Crippen LogP contribution in [0.2, 0.25) is 0 Å². The van der Waals surface area contributed by atoms with Gasteiger partial charge in [-0.3, -0.25) is 0 Å². The topological polar surface area (TPSA) is 67.7 Å². The first-order valence-electron chi connectivity index (χ1n) is 7.64. The van der Waals surface area contributed by atoms with Crippen LogP contribution in [0.1, 0.15) is 32.6 Å². The molecule has 0 bridgehead atoms. The molecule has 2 unspecified atom stereocenters. The molecule has 1 aliphatic heterocycles. The first-order chi connectivity index (χ1) is 10.3. The maximum Gasteiger partial charge on any atom is 0.143 e. The standard InChI is InChI=1S/C15H22N6/c1-12(9-13-5-2-3-8-16-13)18-14-6-4-7-15(10-14)21-11-17-19-20-21/h4,6-7,10-13,16,18H,2-3,5,8-9H2,1H3. The lowest BCUT2D eigenvalue weighted by molar-refractivity contribution is 0.371. The van der Waals surface area contributed by atoms with Crippen LogP contribution in [0.3, 0.4) is 0 Å². The second-order valence-corrected chi connectivity index (χ2v) is 5.73. The minimum absolute atomic E-state index is 0.435. The fourth-order valence-electron chi connectivity index (χ4n) is 2.91. The van der Waals surface area contributed by atoms with Gasteiger partial charge < -0.3 is 10.6 Å². The van der Waals surface area contributed by atoms with Gasteiger partial charge in [0.25, 0.3) is 0 Å². The van der Waals surface area contributed by atoms with E-state index in [4.69, 9.17) is 0 Å².